The molecule has 0 spiro atoms. The van der Waals surface area contributed by atoms with Crippen LogP contribution in [0.15, 0.2) is 12.1 Å². The van der Waals surface area contributed by atoms with Crippen molar-refractivity contribution in [3.63, 3.8) is 0 Å². The fourth-order valence-electron chi connectivity index (χ4n) is 2.20. The van der Waals surface area contributed by atoms with E-state index < -0.39 is 47.0 Å². The molecule has 0 bridgehead atoms. The van der Waals surface area contributed by atoms with E-state index in [-0.39, 0.29) is 30.5 Å². The molecule has 1 rings (SSSR count). The van der Waals surface area contributed by atoms with Crippen LogP contribution in [0.4, 0.5) is 43.4 Å². The molecule has 0 aliphatic carbocycles. The predicted octanol–water partition coefficient (Wildman–Crippen LogP) is 3.07. The fraction of sp³-hybridized carbons (Fsp3) is 0.400. The van der Waals surface area contributed by atoms with E-state index in [1.54, 1.807) is 0 Å². The molecule has 0 saturated carbocycles. The lowest BCUT2D eigenvalue weighted by Gasteiger charge is -2.27. The second-order valence-corrected chi connectivity index (χ2v) is 6.30. The van der Waals surface area contributed by atoms with Crippen molar-refractivity contribution in [3.8, 4) is 0 Å². The summed E-state index contributed by atoms with van der Waals surface area (Å²) in [6, 6.07) is 1.37. The maximum Gasteiger partial charge on any atom is 0.471 e. The first-order chi connectivity index (χ1) is 13.7. The molecule has 0 radical (unpaired) electrons. The number of alkyl halides is 8. The average molecular weight is 483 g/mol. The van der Waals surface area contributed by atoms with Gasteiger partial charge in [-0.05, 0) is 12.1 Å². The molecule has 1 aromatic carbocycles. The SMILES string of the molecule is NC(=O)c1cc(N(CCCl)CCCl)c(NC(=O)C(F)(F)F)cc1NC(=O)C(F)(F)F. The third-order valence-corrected chi connectivity index (χ3v) is 3.80. The Kier molecular flexibility index (Phi) is 8.60. The number of anilines is 3. The third kappa shape index (κ3) is 6.83. The monoisotopic (exact) mass is 482 g/mol. The van der Waals surface area contributed by atoms with Gasteiger partial charge < -0.3 is 21.3 Å². The van der Waals surface area contributed by atoms with Gasteiger partial charge >= 0.3 is 24.2 Å². The highest BCUT2D eigenvalue weighted by atomic mass is 35.5. The number of nitrogens with one attached hydrogen (secondary N) is 2. The molecular formula is C15H14Cl2F6N4O3. The van der Waals surface area contributed by atoms with E-state index in [0.717, 1.165) is 6.07 Å². The molecule has 7 nitrogen and oxygen atoms in total. The summed E-state index contributed by atoms with van der Waals surface area (Å²) < 4.78 is 75.7. The summed E-state index contributed by atoms with van der Waals surface area (Å²) in [5.74, 6) is -6.35. The molecule has 0 heterocycles. The van der Waals surface area contributed by atoms with Crippen molar-refractivity contribution in [2.24, 2.45) is 5.73 Å². The van der Waals surface area contributed by atoms with Gasteiger partial charge in [0.2, 0.25) is 0 Å². The number of hydrogen-bond acceptors (Lipinski definition) is 4. The van der Waals surface area contributed by atoms with Crippen LogP contribution in [0.1, 0.15) is 10.4 Å². The first kappa shape index (κ1) is 25.6. The van der Waals surface area contributed by atoms with Crippen LogP contribution in [-0.4, -0.2) is 54.9 Å². The van der Waals surface area contributed by atoms with E-state index >= 15 is 0 Å². The fourth-order valence-corrected chi connectivity index (χ4v) is 2.61. The number of carbonyl (C=O) groups excluding carboxylic acids is 3. The van der Waals surface area contributed by atoms with Crippen LogP contribution in [0.5, 0.6) is 0 Å². The number of hydrogen-bond donors (Lipinski definition) is 3. The molecule has 30 heavy (non-hydrogen) atoms. The van der Waals surface area contributed by atoms with Crippen molar-refractivity contribution in [2.75, 3.05) is 40.4 Å². The summed E-state index contributed by atoms with van der Waals surface area (Å²) in [5, 5.41) is 2.84. The Morgan fingerprint density at radius 2 is 1.30 bits per heavy atom. The van der Waals surface area contributed by atoms with Crippen molar-refractivity contribution >= 4 is 58.0 Å². The summed E-state index contributed by atoms with van der Waals surface area (Å²) >= 11 is 11.3. The Bertz CT molecular complexity index is 811. The second-order valence-electron chi connectivity index (χ2n) is 5.55. The smallest absolute Gasteiger partial charge is 0.367 e. The predicted molar refractivity (Wildman–Crippen MR) is 98.0 cm³/mol. The van der Waals surface area contributed by atoms with Crippen molar-refractivity contribution in [1.82, 2.24) is 0 Å². The van der Waals surface area contributed by atoms with Gasteiger partial charge in [-0.2, -0.15) is 26.3 Å². The maximum atomic E-state index is 12.7. The summed E-state index contributed by atoms with van der Waals surface area (Å²) in [4.78, 5) is 35.6. The molecular weight excluding hydrogens is 469 g/mol. The van der Waals surface area contributed by atoms with Gasteiger partial charge in [-0.25, -0.2) is 0 Å². The van der Waals surface area contributed by atoms with Gasteiger partial charge in [-0.15, -0.1) is 23.2 Å². The number of carbonyl (C=O) groups is 3. The van der Waals surface area contributed by atoms with Crippen LogP contribution < -0.4 is 21.3 Å². The van der Waals surface area contributed by atoms with Crippen LogP contribution in [0.25, 0.3) is 0 Å². The second kappa shape index (κ2) is 10.1. The van der Waals surface area contributed by atoms with E-state index in [0.29, 0.717) is 6.07 Å². The zero-order valence-electron chi connectivity index (χ0n) is 14.8. The Balaban J connectivity index is 3.64. The largest absolute Gasteiger partial charge is 0.471 e. The summed E-state index contributed by atoms with van der Waals surface area (Å²) in [7, 11) is 0. The zero-order chi connectivity index (χ0) is 23.3. The van der Waals surface area contributed by atoms with Crippen LogP contribution in [0, 0.1) is 0 Å². The quantitative estimate of drug-likeness (QED) is 0.391. The van der Waals surface area contributed by atoms with Crippen LogP contribution in [0.2, 0.25) is 0 Å². The minimum atomic E-state index is -5.37. The lowest BCUT2D eigenvalue weighted by atomic mass is 10.1. The van der Waals surface area contributed by atoms with E-state index in [2.05, 4.69) is 0 Å². The van der Waals surface area contributed by atoms with E-state index in [1.807, 2.05) is 0 Å². The number of primary amides is 1. The molecule has 168 valence electrons. The highest BCUT2D eigenvalue weighted by Crippen LogP contribution is 2.34. The van der Waals surface area contributed by atoms with Gasteiger partial charge in [-0.1, -0.05) is 0 Å². The zero-order valence-corrected chi connectivity index (χ0v) is 16.3. The maximum absolute atomic E-state index is 12.7. The minimum absolute atomic E-state index is 0.0182. The molecule has 15 heteroatoms. The molecule has 3 amide bonds. The Morgan fingerprint density at radius 3 is 1.67 bits per heavy atom. The molecule has 0 atom stereocenters. The lowest BCUT2D eigenvalue weighted by Crippen LogP contribution is -2.34. The van der Waals surface area contributed by atoms with Gasteiger partial charge in [0.05, 0.1) is 22.6 Å². The lowest BCUT2D eigenvalue weighted by molar-refractivity contribution is -0.167. The highest BCUT2D eigenvalue weighted by molar-refractivity contribution is 6.19. The number of amides is 3. The van der Waals surface area contributed by atoms with E-state index in [4.69, 9.17) is 28.9 Å². The van der Waals surface area contributed by atoms with Crippen LogP contribution >= 0.6 is 23.2 Å². The number of halogens is 8. The normalized spacial score (nSPS) is 11.7. The Labute approximate surface area is 175 Å². The summed E-state index contributed by atoms with van der Waals surface area (Å²) in [6.07, 6.45) is -10.7. The first-order valence-corrected chi connectivity index (χ1v) is 8.90. The molecule has 1 aromatic rings. The highest BCUT2D eigenvalue weighted by Gasteiger charge is 2.41. The Hall–Kier alpha value is -2.41. The molecule has 0 aliphatic heterocycles. The molecule has 0 saturated heterocycles. The molecule has 0 aromatic heterocycles. The standard InChI is InChI=1S/C15H14Cl2F6N4O3/c16-1-3-27(4-2-17)10-5-7(11(24)28)8(25-12(29)14(18,19)20)6-9(10)26-13(30)15(21,22)23/h5-6H,1-4H2,(H2,24,28)(H,25,29)(H,26,30). The Morgan fingerprint density at radius 1 is 0.867 bits per heavy atom. The first-order valence-electron chi connectivity index (χ1n) is 7.83. The van der Waals surface area contributed by atoms with Gasteiger partial charge in [0.1, 0.15) is 0 Å². The number of rotatable bonds is 8. The van der Waals surface area contributed by atoms with Crippen molar-refractivity contribution in [3.05, 3.63) is 17.7 Å². The summed E-state index contributed by atoms with van der Waals surface area (Å²) in [6.45, 7) is -0.0365. The van der Waals surface area contributed by atoms with E-state index in [9.17, 15) is 40.7 Å². The van der Waals surface area contributed by atoms with Gasteiger partial charge in [0.15, 0.2) is 0 Å². The molecule has 0 aliphatic rings. The van der Waals surface area contributed by atoms with Crippen LogP contribution in [-0.2, 0) is 9.59 Å². The number of nitrogens with two attached hydrogens (primary N) is 1. The van der Waals surface area contributed by atoms with Gasteiger partial charge in [0.25, 0.3) is 5.91 Å². The van der Waals surface area contributed by atoms with Gasteiger partial charge in [0, 0.05) is 24.8 Å². The number of nitrogens with zero attached hydrogens (tertiary/aromatic N) is 1. The molecule has 0 fully saturated rings. The average Bonchev–Trinajstić information content (AvgIpc) is 2.59. The third-order valence-electron chi connectivity index (χ3n) is 3.46. The van der Waals surface area contributed by atoms with Crippen molar-refractivity contribution in [1.29, 1.82) is 0 Å². The van der Waals surface area contributed by atoms with Crippen molar-refractivity contribution < 1.29 is 40.7 Å². The summed E-state index contributed by atoms with van der Waals surface area (Å²) in [5.41, 5.74) is 2.73. The minimum Gasteiger partial charge on any atom is -0.367 e. The van der Waals surface area contributed by atoms with Gasteiger partial charge in [-0.3, -0.25) is 14.4 Å². The van der Waals surface area contributed by atoms with Crippen molar-refractivity contribution in [2.45, 2.75) is 12.4 Å². The van der Waals surface area contributed by atoms with Crippen LogP contribution in [0.3, 0.4) is 0 Å². The topological polar surface area (TPSA) is 105 Å². The number of benzene rings is 1. The molecule has 0 unspecified atom stereocenters. The van der Waals surface area contributed by atoms with E-state index in [1.165, 1.54) is 15.5 Å². The molecule has 4 N–H and O–H groups in total.